The first-order valence-electron chi connectivity index (χ1n) is 11.0. The van der Waals surface area contributed by atoms with E-state index in [4.69, 9.17) is 4.74 Å². The summed E-state index contributed by atoms with van der Waals surface area (Å²) in [5, 5.41) is 21.9. The highest BCUT2D eigenvalue weighted by molar-refractivity contribution is 5.89. The van der Waals surface area contributed by atoms with E-state index in [0.29, 0.717) is 12.4 Å². The summed E-state index contributed by atoms with van der Waals surface area (Å²) in [6, 6.07) is 14.5. The molecule has 0 fully saturated rings. The molecule has 1 atom stereocenters. The molecule has 0 bridgehead atoms. The van der Waals surface area contributed by atoms with Crippen LogP contribution in [0.5, 0.6) is 0 Å². The van der Waals surface area contributed by atoms with Crippen LogP contribution in [-0.2, 0) is 27.4 Å². The van der Waals surface area contributed by atoms with Crippen molar-refractivity contribution in [1.29, 1.82) is 0 Å². The summed E-state index contributed by atoms with van der Waals surface area (Å²) >= 11 is 0. The second-order valence-electron chi connectivity index (χ2n) is 7.87. The number of carbonyl (C=O) groups is 3. The van der Waals surface area contributed by atoms with E-state index in [0.717, 1.165) is 22.3 Å². The number of rotatable bonds is 9. The van der Waals surface area contributed by atoms with Crippen molar-refractivity contribution < 1.29 is 24.2 Å². The van der Waals surface area contributed by atoms with Gasteiger partial charge in [0.15, 0.2) is 5.82 Å². The Balaban J connectivity index is 1.39. The number of nitrogens with zero attached hydrogens (tertiary/aromatic N) is 3. The maximum absolute atomic E-state index is 12.6. The van der Waals surface area contributed by atoms with Crippen LogP contribution in [0.3, 0.4) is 0 Å². The number of carboxylic acids is 1. The zero-order chi connectivity index (χ0) is 24.1. The van der Waals surface area contributed by atoms with Crippen LogP contribution in [0.2, 0.25) is 0 Å². The van der Waals surface area contributed by atoms with Gasteiger partial charge in [-0.05, 0) is 29.2 Å². The molecule has 1 aromatic heterocycles. The van der Waals surface area contributed by atoms with Crippen molar-refractivity contribution in [1.82, 2.24) is 25.4 Å². The third-order valence-electron chi connectivity index (χ3n) is 5.79. The van der Waals surface area contributed by atoms with Gasteiger partial charge in [-0.25, -0.2) is 4.79 Å². The van der Waals surface area contributed by atoms with Crippen LogP contribution in [0.4, 0.5) is 4.79 Å². The number of ether oxygens (including phenoxy) is 1. The molecule has 176 valence electrons. The number of hydrogen-bond donors (Lipinski definition) is 3. The monoisotopic (exact) mass is 463 g/mol. The van der Waals surface area contributed by atoms with Gasteiger partial charge in [-0.15, -0.1) is 10.2 Å². The normalized spacial score (nSPS) is 13.0. The Bertz CT molecular complexity index is 1160. The number of fused-ring (bicyclic) bond motifs is 3. The number of alkyl carbamates (subject to hydrolysis) is 1. The average molecular weight is 463 g/mol. The van der Waals surface area contributed by atoms with Crippen molar-refractivity contribution in [3.05, 3.63) is 71.8 Å². The van der Waals surface area contributed by atoms with Crippen molar-refractivity contribution in [2.45, 2.75) is 38.4 Å². The van der Waals surface area contributed by atoms with E-state index in [1.54, 1.807) is 4.57 Å². The molecule has 10 heteroatoms. The lowest BCUT2D eigenvalue weighted by Gasteiger charge is -2.18. The van der Waals surface area contributed by atoms with E-state index >= 15 is 0 Å². The summed E-state index contributed by atoms with van der Waals surface area (Å²) in [4.78, 5) is 36.4. The van der Waals surface area contributed by atoms with E-state index in [9.17, 15) is 19.5 Å². The minimum absolute atomic E-state index is 0.0508. The van der Waals surface area contributed by atoms with Crippen LogP contribution in [0.25, 0.3) is 11.1 Å². The number of carboxylic acid groups (broad SMARTS) is 1. The van der Waals surface area contributed by atoms with Gasteiger partial charge in [-0.3, -0.25) is 9.59 Å². The average Bonchev–Trinajstić information content (AvgIpc) is 3.42. The third kappa shape index (κ3) is 4.90. The molecule has 1 aliphatic carbocycles. The molecule has 0 saturated carbocycles. The molecule has 34 heavy (non-hydrogen) atoms. The smallest absolute Gasteiger partial charge is 0.407 e. The first kappa shape index (κ1) is 23.0. The molecule has 2 aromatic carbocycles. The summed E-state index contributed by atoms with van der Waals surface area (Å²) in [6.07, 6.45) is 0.0850. The highest BCUT2D eigenvalue weighted by Gasteiger charge is 2.30. The maximum Gasteiger partial charge on any atom is 0.407 e. The molecule has 3 N–H and O–H groups in total. The van der Waals surface area contributed by atoms with Crippen molar-refractivity contribution >= 4 is 18.0 Å². The molecule has 1 unspecified atom stereocenters. The zero-order valence-electron chi connectivity index (χ0n) is 18.6. The summed E-state index contributed by atoms with van der Waals surface area (Å²) < 4.78 is 7.18. The van der Waals surface area contributed by atoms with Gasteiger partial charge in [-0.1, -0.05) is 48.5 Å². The van der Waals surface area contributed by atoms with Gasteiger partial charge in [0.1, 0.15) is 19.0 Å². The fourth-order valence-electron chi connectivity index (χ4n) is 4.14. The first-order chi connectivity index (χ1) is 16.5. The number of carbonyl (C=O) groups excluding carboxylic acids is 2. The van der Waals surface area contributed by atoms with Crippen LogP contribution in [0, 0.1) is 0 Å². The van der Waals surface area contributed by atoms with E-state index in [-0.39, 0.29) is 19.1 Å². The molecule has 1 aliphatic rings. The van der Waals surface area contributed by atoms with E-state index in [1.165, 1.54) is 6.33 Å². The summed E-state index contributed by atoms with van der Waals surface area (Å²) in [5.41, 5.74) is 4.29. The van der Waals surface area contributed by atoms with Gasteiger partial charge in [0, 0.05) is 12.5 Å². The fourth-order valence-corrected chi connectivity index (χ4v) is 4.14. The van der Waals surface area contributed by atoms with E-state index in [2.05, 4.69) is 20.8 Å². The quantitative estimate of drug-likeness (QED) is 0.443. The second-order valence-corrected chi connectivity index (χ2v) is 7.87. The number of nitrogens with one attached hydrogen (secondary N) is 2. The number of amides is 2. The lowest BCUT2D eigenvalue weighted by molar-refractivity contribution is -0.139. The van der Waals surface area contributed by atoms with Gasteiger partial charge >= 0.3 is 12.1 Å². The number of hydrogen-bond acceptors (Lipinski definition) is 6. The highest BCUT2D eigenvalue weighted by atomic mass is 16.5. The van der Waals surface area contributed by atoms with Crippen molar-refractivity contribution in [3.63, 3.8) is 0 Å². The van der Waals surface area contributed by atoms with E-state index < -0.39 is 30.4 Å². The van der Waals surface area contributed by atoms with Crippen LogP contribution < -0.4 is 10.6 Å². The molecule has 10 nitrogen and oxygen atoms in total. The molecule has 1 heterocycles. The van der Waals surface area contributed by atoms with Crippen molar-refractivity contribution in [3.8, 4) is 11.1 Å². The van der Waals surface area contributed by atoms with Crippen LogP contribution in [0.15, 0.2) is 54.9 Å². The summed E-state index contributed by atoms with van der Waals surface area (Å²) in [6.45, 7) is 2.63. The Morgan fingerprint density at radius 2 is 1.74 bits per heavy atom. The van der Waals surface area contributed by atoms with Crippen molar-refractivity contribution in [2.75, 3.05) is 6.61 Å². The topological polar surface area (TPSA) is 135 Å². The van der Waals surface area contributed by atoms with Gasteiger partial charge in [0.2, 0.25) is 5.91 Å². The lowest BCUT2D eigenvalue weighted by Crippen LogP contribution is -2.48. The Morgan fingerprint density at radius 3 is 2.35 bits per heavy atom. The van der Waals surface area contributed by atoms with Gasteiger partial charge in [0.25, 0.3) is 0 Å². The molecule has 4 rings (SSSR count). The van der Waals surface area contributed by atoms with E-state index in [1.807, 2.05) is 55.5 Å². The molecule has 0 radical (unpaired) electrons. The molecule has 2 amide bonds. The number of aromatic nitrogens is 3. The largest absolute Gasteiger partial charge is 0.481 e. The molecular formula is C24H25N5O5. The Kier molecular flexibility index (Phi) is 6.86. The number of aryl methyl sites for hydroxylation is 1. The molecule has 0 spiro atoms. The minimum Gasteiger partial charge on any atom is -0.481 e. The minimum atomic E-state index is -1.30. The molecule has 0 saturated heterocycles. The van der Waals surface area contributed by atoms with Crippen LogP contribution in [-0.4, -0.2) is 50.5 Å². The SMILES string of the molecule is CCn1cnnc1CNC(=O)C(CC(=O)O)NC(=O)OCC1c2ccccc2-c2ccccc21. The fraction of sp³-hybridized carbons (Fsp3) is 0.292. The Morgan fingerprint density at radius 1 is 1.09 bits per heavy atom. The predicted molar refractivity (Wildman–Crippen MR) is 122 cm³/mol. The first-order valence-corrected chi connectivity index (χ1v) is 11.0. The highest BCUT2D eigenvalue weighted by Crippen LogP contribution is 2.44. The number of benzene rings is 2. The standard InChI is InChI=1S/C24H25N5O5/c1-2-29-14-26-28-21(29)12-25-23(32)20(11-22(30)31)27-24(33)34-13-19-17-9-5-3-7-15(17)16-8-4-6-10-18(16)19/h3-10,14,19-20H,2,11-13H2,1H3,(H,25,32)(H,27,33)(H,30,31). The molecular weight excluding hydrogens is 438 g/mol. The summed E-state index contributed by atoms with van der Waals surface area (Å²) in [7, 11) is 0. The Labute approximate surface area is 196 Å². The van der Waals surface area contributed by atoms with Gasteiger partial charge < -0.3 is 25.0 Å². The molecule has 0 aliphatic heterocycles. The second kappa shape index (κ2) is 10.2. The van der Waals surface area contributed by atoms with Gasteiger partial charge in [-0.2, -0.15) is 0 Å². The summed E-state index contributed by atoms with van der Waals surface area (Å²) in [5.74, 6) is -1.51. The lowest BCUT2D eigenvalue weighted by atomic mass is 9.98. The maximum atomic E-state index is 12.6. The Hall–Kier alpha value is -4.21. The third-order valence-corrected chi connectivity index (χ3v) is 5.79. The zero-order valence-corrected chi connectivity index (χ0v) is 18.6. The predicted octanol–water partition coefficient (Wildman–Crippen LogP) is 2.30. The number of aliphatic carboxylic acids is 1. The van der Waals surface area contributed by atoms with Gasteiger partial charge in [0.05, 0.1) is 13.0 Å². The molecule has 3 aromatic rings. The van der Waals surface area contributed by atoms with Crippen molar-refractivity contribution in [2.24, 2.45) is 0 Å². The van der Waals surface area contributed by atoms with Crippen LogP contribution in [0.1, 0.15) is 36.2 Å². The van der Waals surface area contributed by atoms with Crippen LogP contribution >= 0.6 is 0 Å².